The Morgan fingerprint density at radius 2 is 1.62 bits per heavy atom. The number of ether oxygens (including phenoxy) is 3. The van der Waals surface area contributed by atoms with E-state index >= 15 is 0 Å². The van der Waals surface area contributed by atoms with E-state index in [0.717, 1.165) is 0 Å². The number of ketones is 1. The number of aryl methyl sites for hydroxylation is 2. The lowest BCUT2D eigenvalue weighted by molar-refractivity contribution is 0.0526. The summed E-state index contributed by atoms with van der Waals surface area (Å²) in [6, 6.07) is 5.26. The Balaban J connectivity index is 2.88. The molecular weight excluding hydrogens is 334 g/mol. The van der Waals surface area contributed by atoms with Crippen LogP contribution < -0.4 is 9.47 Å². The largest absolute Gasteiger partial charge is 0.493 e. The predicted octanol–water partition coefficient (Wildman–Crippen LogP) is 3.76. The molecule has 0 saturated carbocycles. The molecule has 0 atom stereocenters. The Morgan fingerprint density at radius 3 is 2.15 bits per heavy atom. The van der Waals surface area contributed by atoms with E-state index in [1.807, 2.05) is 0 Å². The number of carbonyl (C=O) groups is 2. The summed E-state index contributed by atoms with van der Waals surface area (Å²) >= 11 is 0. The molecule has 0 fully saturated rings. The molecule has 1 aromatic carbocycles. The highest BCUT2D eigenvalue weighted by Crippen LogP contribution is 2.37. The zero-order chi connectivity index (χ0) is 19.4. The molecule has 1 aromatic heterocycles. The van der Waals surface area contributed by atoms with Crippen molar-refractivity contribution in [3.8, 4) is 22.6 Å². The second-order valence-corrected chi connectivity index (χ2v) is 5.75. The van der Waals surface area contributed by atoms with Crippen LogP contribution in [0.2, 0.25) is 0 Å². The zero-order valence-corrected chi connectivity index (χ0v) is 15.9. The summed E-state index contributed by atoms with van der Waals surface area (Å²) in [6.45, 7) is 6.90. The van der Waals surface area contributed by atoms with Crippen molar-refractivity contribution in [3.63, 3.8) is 0 Å². The van der Waals surface area contributed by atoms with E-state index in [9.17, 15) is 9.59 Å². The van der Waals surface area contributed by atoms with Gasteiger partial charge in [-0.1, -0.05) is 6.07 Å². The zero-order valence-electron chi connectivity index (χ0n) is 15.9. The maximum Gasteiger partial charge on any atom is 0.340 e. The molecule has 0 bridgehead atoms. The topological polar surface area (TPSA) is 74.7 Å². The third kappa shape index (κ3) is 3.54. The van der Waals surface area contributed by atoms with Crippen LogP contribution in [0.3, 0.4) is 0 Å². The Labute approximate surface area is 153 Å². The number of nitrogens with zero attached hydrogens (tertiary/aromatic N) is 1. The van der Waals surface area contributed by atoms with Gasteiger partial charge in [0.15, 0.2) is 17.3 Å². The van der Waals surface area contributed by atoms with E-state index in [-0.39, 0.29) is 18.0 Å². The molecule has 0 spiro atoms. The lowest BCUT2D eigenvalue weighted by atomic mass is 9.90. The Kier molecular flexibility index (Phi) is 5.97. The van der Waals surface area contributed by atoms with Gasteiger partial charge in [0.25, 0.3) is 0 Å². The monoisotopic (exact) mass is 357 g/mol. The molecule has 6 nitrogen and oxygen atoms in total. The molecule has 138 valence electrons. The van der Waals surface area contributed by atoms with Crippen LogP contribution in [0, 0.1) is 13.8 Å². The van der Waals surface area contributed by atoms with E-state index in [0.29, 0.717) is 39.6 Å². The first-order chi connectivity index (χ1) is 12.3. The minimum atomic E-state index is -0.509. The predicted molar refractivity (Wildman–Crippen MR) is 98.2 cm³/mol. The number of rotatable bonds is 6. The van der Waals surface area contributed by atoms with Crippen molar-refractivity contribution in [2.24, 2.45) is 0 Å². The molecule has 2 rings (SSSR count). The van der Waals surface area contributed by atoms with Crippen LogP contribution in [0.1, 0.15) is 46.0 Å². The Hall–Kier alpha value is -2.89. The second-order valence-electron chi connectivity index (χ2n) is 5.75. The summed E-state index contributed by atoms with van der Waals surface area (Å²) in [7, 11) is 3.08. The molecule has 26 heavy (non-hydrogen) atoms. The average Bonchev–Trinajstić information content (AvgIpc) is 2.60. The quantitative estimate of drug-likeness (QED) is 0.579. The third-order valence-electron chi connectivity index (χ3n) is 4.06. The molecule has 2 aromatic rings. The van der Waals surface area contributed by atoms with Gasteiger partial charge in [0.2, 0.25) is 0 Å². The summed E-state index contributed by atoms with van der Waals surface area (Å²) in [4.78, 5) is 29.3. The van der Waals surface area contributed by atoms with Crippen molar-refractivity contribution >= 4 is 11.8 Å². The van der Waals surface area contributed by atoms with Gasteiger partial charge in [0.1, 0.15) is 0 Å². The van der Waals surface area contributed by atoms with Gasteiger partial charge < -0.3 is 14.2 Å². The summed E-state index contributed by atoms with van der Waals surface area (Å²) in [5.74, 6) is 0.373. The fraction of sp³-hybridized carbons (Fsp3) is 0.350. The molecule has 1 heterocycles. The average molecular weight is 357 g/mol. The Bertz CT molecular complexity index is 858. The third-order valence-corrected chi connectivity index (χ3v) is 4.06. The molecule has 0 radical (unpaired) electrons. The van der Waals surface area contributed by atoms with Crippen LogP contribution >= 0.6 is 0 Å². The lowest BCUT2D eigenvalue weighted by Gasteiger charge is -2.18. The molecule has 0 aliphatic rings. The molecule has 0 unspecified atom stereocenters. The molecule has 0 aliphatic heterocycles. The molecule has 0 N–H and O–H groups in total. The van der Waals surface area contributed by atoms with Gasteiger partial charge in [-0.3, -0.25) is 9.78 Å². The van der Waals surface area contributed by atoms with Crippen molar-refractivity contribution in [2.75, 3.05) is 20.8 Å². The summed E-state index contributed by atoms with van der Waals surface area (Å²) in [5.41, 5.74) is 2.91. The van der Waals surface area contributed by atoms with E-state index in [1.54, 1.807) is 46.1 Å². The first kappa shape index (κ1) is 19.4. The maximum absolute atomic E-state index is 12.6. The van der Waals surface area contributed by atoms with Crippen LogP contribution in [0.5, 0.6) is 11.5 Å². The summed E-state index contributed by atoms with van der Waals surface area (Å²) in [5, 5.41) is 0. The normalized spacial score (nSPS) is 10.4. The van der Waals surface area contributed by atoms with Gasteiger partial charge in [-0.25, -0.2) is 4.79 Å². The molecule has 6 heteroatoms. The van der Waals surface area contributed by atoms with Gasteiger partial charge in [-0.15, -0.1) is 0 Å². The van der Waals surface area contributed by atoms with Gasteiger partial charge >= 0.3 is 5.97 Å². The number of hydrogen-bond acceptors (Lipinski definition) is 6. The first-order valence-electron chi connectivity index (χ1n) is 8.27. The van der Waals surface area contributed by atoms with Crippen molar-refractivity contribution in [1.29, 1.82) is 0 Å². The van der Waals surface area contributed by atoms with Crippen LogP contribution in [0.15, 0.2) is 18.2 Å². The molecule has 0 amide bonds. The lowest BCUT2D eigenvalue weighted by Crippen LogP contribution is -2.15. The highest BCUT2D eigenvalue weighted by molar-refractivity contribution is 6.09. The molecule has 0 aliphatic carbocycles. The van der Waals surface area contributed by atoms with Crippen molar-refractivity contribution < 1.29 is 23.8 Å². The number of Topliss-reactive ketones (excluding diaryl/α,β-unsaturated/α-hetero) is 1. The number of carbonyl (C=O) groups excluding carboxylic acids is 2. The molecule has 0 saturated heterocycles. The van der Waals surface area contributed by atoms with E-state index in [2.05, 4.69) is 4.98 Å². The van der Waals surface area contributed by atoms with Crippen LogP contribution in [0.4, 0.5) is 0 Å². The van der Waals surface area contributed by atoms with Gasteiger partial charge in [-0.05, 0) is 45.4 Å². The number of esters is 1. The van der Waals surface area contributed by atoms with Crippen molar-refractivity contribution in [2.45, 2.75) is 27.7 Å². The summed E-state index contributed by atoms with van der Waals surface area (Å²) in [6.07, 6.45) is 0. The van der Waals surface area contributed by atoms with Gasteiger partial charge in [0.05, 0.1) is 32.1 Å². The maximum atomic E-state index is 12.6. The van der Waals surface area contributed by atoms with E-state index in [4.69, 9.17) is 14.2 Å². The first-order valence-corrected chi connectivity index (χ1v) is 8.27. The van der Waals surface area contributed by atoms with Crippen molar-refractivity contribution in [3.05, 3.63) is 40.7 Å². The number of methoxy groups -OCH3 is 2. The SMILES string of the molecule is CCOC(=O)c1c(C)nc(C)c(C(C)=O)c1-c1ccc(OC)c(OC)c1. The number of aromatic nitrogens is 1. The second kappa shape index (κ2) is 7.99. The number of pyridine rings is 1. The van der Waals surface area contributed by atoms with Crippen LogP contribution in [-0.2, 0) is 4.74 Å². The van der Waals surface area contributed by atoms with Gasteiger partial charge in [0, 0.05) is 16.8 Å². The molecular formula is C20H23NO5. The Morgan fingerprint density at radius 1 is 1.00 bits per heavy atom. The standard InChI is InChI=1S/C20H23NO5/c1-7-26-20(23)18-12(3)21-11(2)17(13(4)22)19(18)14-8-9-15(24-5)16(10-14)25-6/h8-10H,7H2,1-6H3. The summed E-state index contributed by atoms with van der Waals surface area (Å²) < 4.78 is 15.8. The minimum Gasteiger partial charge on any atom is -0.493 e. The van der Waals surface area contributed by atoms with E-state index < -0.39 is 5.97 Å². The fourth-order valence-corrected chi connectivity index (χ4v) is 3.01. The smallest absolute Gasteiger partial charge is 0.340 e. The highest BCUT2D eigenvalue weighted by atomic mass is 16.5. The highest BCUT2D eigenvalue weighted by Gasteiger charge is 2.26. The number of benzene rings is 1. The van der Waals surface area contributed by atoms with Gasteiger partial charge in [-0.2, -0.15) is 0 Å². The van der Waals surface area contributed by atoms with Crippen molar-refractivity contribution in [1.82, 2.24) is 4.98 Å². The number of hydrogen-bond donors (Lipinski definition) is 0. The fourth-order valence-electron chi connectivity index (χ4n) is 3.01. The van der Waals surface area contributed by atoms with E-state index in [1.165, 1.54) is 14.0 Å². The minimum absolute atomic E-state index is 0.176. The van der Waals surface area contributed by atoms with Crippen LogP contribution in [-0.4, -0.2) is 37.6 Å². The van der Waals surface area contributed by atoms with Crippen LogP contribution in [0.25, 0.3) is 11.1 Å².